The molecule has 1 aliphatic rings. The number of pyridine rings is 1. The van der Waals surface area contributed by atoms with Crippen molar-refractivity contribution in [3.05, 3.63) is 60.7 Å². The van der Waals surface area contributed by atoms with Gasteiger partial charge in [-0.15, -0.1) is 10.2 Å². The van der Waals surface area contributed by atoms with Crippen molar-refractivity contribution in [2.75, 3.05) is 18.8 Å². The molecule has 0 spiro atoms. The van der Waals surface area contributed by atoms with Crippen molar-refractivity contribution in [3.63, 3.8) is 0 Å². The molecular weight excluding hydrogens is 448 g/mol. The standard InChI is InChI=1S/C25H24N6O2S/c1-2-30-23(28-29-25(30)34-14-8-13-31-22(32)16-26-24(31)33)19-15-21(17-9-4-3-5-10-17)27-20-12-7-6-11-18(19)20/h3-7,9-12,15H,2,8,13-14,16H2,1H3,(H,26,33). The molecule has 2 aromatic heterocycles. The van der Waals surface area contributed by atoms with Crippen LogP contribution in [0.3, 0.4) is 0 Å². The van der Waals surface area contributed by atoms with Crippen molar-refractivity contribution in [3.8, 4) is 22.6 Å². The molecule has 0 unspecified atom stereocenters. The number of hydrogen-bond donors (Lipinski definition) is 1. The molecule has 0 aliphatic carbocycles. The predicted octanol–water partition coefficient (Wildman–Crippen LogP) is 4.21. The van der Waals surface area contributed by atoms with Crippen LogP contribution in [-0.2, 0) is 11.3 Å². The van der Waals surface area contributed by atoms with Gasteiger partial charge in [0.25, 0.3) is 0 Å². The third-order valence-corrected chi connectivity index (χ3v) is 6.81. The first-order valence-corrected chi connectivity index (χ1v) is 12.2. The van der Waals surface area contributed by atoms with E-state index in [0.717, 1.165) is 51.0 Å². The summed E-state index contributed by atoms with van der Waals surface area (Å²) in [7, 11) is 0. The Morgan fingerprint density at radius 1 is 1.03 bits per heavy atom. The van der Waals surface area contributed by atoms with E-state index in [1.807, 2.05) is 36.4 Å². The number of nitrogens with one attached hydrogen (secondary N) is 1. The Balaban J connectivity index is 1.42. The van der Waals surface area contributed by atoms with Gasteiger partial charge in [0.2, 0.25) is 5.91 Å². The average Bonchev–Trinajstić information content (AvgIpc) is 3.43. The number of carbonyl (C=O) groups excluding carboxylic acids is 2. The predicted molar refractivity (Wildman–Crippen MR) is 132 cm³/mol. The van der Waals surface area contributed by atoms with Crippen LogP contribution >= 0.6 is 11.8 Å². The maximum Gasteiger partial charge on any atom is 0.324 e. The first-order valence-electron chi connectivity index (χ1n) is 11.3. The number of thioether (sulfide) groups is 1. The number of rotatable bonds is 8. The van der Waals surface area contributed by atoms with Crippen LogP contribution in [0.4, 0.5) is 4.79 Å². The lowest BCUT2D eigenvalue weighted by Crippen LogP contribution is -2.32. The van der Waals surface area contributed by atoms with E-state index < -0.39 is 0 Å². The minimum absolute atomic E-state index is 0.0877. The smallest absolute Gasteiger partial charge is 0.324 e. The summed E-state index contributed by atoms with van der Waals surface area (Å²) in [4.78, 5) is 29.6. The Morgan fingerprint density at radius 2 is 1.82 bits per heavy atom. The normalized spacial score (nSPS) is 13.6. The zero-order valence-electron chi connectivity index (χ0n) is 18.8. The molecule has 1 saturated heterocycles. The van der Waals surface area contributed by atoms with E-state index in [1.165, 1.54) is 4.90 Å². The average molecular weight is 473 g/mol. The summed E-state index contributed by atoms with van der Waals surface area (Å²) in [5.41, 5.74) is 3.84. The van der Waals surface area contributed by atoms with Gasteiger partial charge in [-0.25, -0.2) is 9.78 Å². The van der Waals surface area contributed by atoms with Gasteiger partial charge < -0.3 is 9.88 Å². The number of aromatic nitrogens is 4. The maximum atomic E-state index is 11.8. The van der Waals surface area contributed by atoms with Crippen LogP contribution in [0.1, 0.15) is 13.3 Å². The fourth-order valence-electron chi connectivity index (χ4n) is 4.06. The van der Waals surface area contributed by atoms with Crippen molar-refractivity contribution in [2.45, 2.75) is 25.0 Å². The molecule has 0 saturated carbocycles. The second kappa shape index (κ2) is 9.64. The second-order valence-corrected chi connectivity index (χ2v) is 8.96. The van der Waals surface area contributed by atoms with Crippen LogP contribution in [0.25, 0.3) is 33.5 Å². The third-order valence-electron chi connectivity index (χ3n) is 5.75. The van der Waals surface area contributed by atoms with Gasteiger partial charge in [0.15, 0.2) is 11.0 Å². The Bertz CT molecular complexity index is 1340. The number of amides is 3. The highest BCUT2D eigenvalue weighted by Gasteiger charge is 2.27. The largest absolute Gasteiger partial charge is 0.329 e. The maximum absolute atomic E-state index is 11.8. The summed E-state index contributed by atoms with van der Waals surface area (Å²) in [6.07, 6.45) is 0.687. The van der Waals surface area contributed by atoms with E-state index in [0.29, 0.717) is 13.0 Å². The quantitative estimate of drug-likeness (QED) is 0.235. The molecule has 34 heavy (non-hydrogen) atoms. The van der Waals surface area contributed by atoms with Crippen molar-refractivity contribution in [2.24, 2.45) is 0 Å². The highest BCUT2D eigenvalue weighted by molar-refractivity contribution is 7.99. The zero-order chi connectivity index (χ0) is 23.5. The fraction of sp³-hybridized carbons (Fsp3) is 0.240. The summed E-state index contributed by atoms with van der Waals surface area (Å²) >= 11 is 1.58. The Morgan fingerprint density at radius 3 is 2.59 bits per heavy atom. The number of urea groups is 1. The molecule has 3 amide bonds. The van der Waals surface area contributed by atoms with Gasteiger partial charge >= 0.3 is 6.03 Å². The molecule has 0 bridgehead atoms. The third kappa shape index (κ3) is 4.26. The molecular formula is C25H24N6O2S. The Kier molecular flexibility index (Phi) is 6.27. The molecule has 0 radical (unpaired) electrons. The summed E-state index contributed by atoms with van der Waals surface area (Å²) in [6, 6.07) is 20.0. The lowest BCUT2D eigenvalue weighted by molar-refractivity contribution is -0.124. The van der Waals surface area contributed by atoms with Gasteiger partial charge in [0, 0.05) is 35.4 Å². The molecule has 8 nitrogen and oxygen atoms in total. The van der Waals surface area contributed by atoms with E-state index in [9.17, 15) is 9.59 Å². The Hall–Kier alpha value is -3.72. The van der Waals surface area contributed by atoms with E-state index in [2.05, 4.69) is 51.3 Å². The molecule has 2 aromatic carbocycles. The minimum atomic E-state index is -0.312. The van der Waals surface area contributed by atoms with Crippen LogP contribution in [0.15, 0.2) is 65.8 Å². The summed E-state index contributed by atoms with van der Waals surface area (Å²) in [6.45, 7) is 3.28. The van der Waals surface area contributed by atoms with Gasteiger partial charge in [-0.1, -0.05) is 60.3 Å². The monoisotopic (exact) mass is 472 g/mol. The lowest BCUT2D eigenvalue weighted by Gasteiger charge is -2.13. The topological polar surface area (TPSA) is 93.0 Å². The second-order valence-electron chi connectivity index (χ2n) is 7.89. The van der Waals surface area contributed by atoms with Gasteiger partial charge in [0.1, 0.15) is 0 Å². The summed E-state index contributed by atoms with van der Waals surface area (Å²) in [5.74, 6) is 1.35. The number of imide groups is 1. The van der Waals surface area contributed by atoms with Gasteiger partial charge in [0.05, 0.1) is 17.8 Å². The lowest BCUT2D eigenvalue weighted by atomic mass is 10.0. The number of hydrogen-bond acceptors (Lipinski definition) is 6. The van der Waals surface area contributed by atoms with E-state index in [4.69, 9.17) is 4.98 Å². The van der Waals surface area contributed by atoms with Crippen molar-refractivity contribution in [1.29, 1.82) is 0 Å². The molecule has 172 valence electrons. The fourth-order valence-corrected chi connectivity index (χ4v) is 4.99. The number of carbonyl (C=O) groups is 2. The number of nitrogens with zero attached hydrogens (tertiary/aromatic N) is 5. The summed E-state index contributed by atoms with van der Waals surface area (Å²) < 4.78 is 2.11. The molecule has 4 aromatic rings. The highest BCUT2D eigenvalue weighted by atomic mass is 32.2. The van der Waals surface area contributed by atoms with E-state index in [1.54, 1.807) is 11.8 Å². The van der Waals surface area contributed by atoms with Crippen molar-refractivity contribution in [1.82, 2.24) is 30.0 Å². The van der Waals surface area contributed by atoms with Crippen LogP contribution in [0, 0.1) is 0 Å². The Labute approximate surface area is 201 Å². The first-order chi connectivity index (χ1) is 16.7. The number of benzene rings is 2. The first kappa shape index (κ1) is 22.1. The van der Waals surface area contributed by atoms with Crippen molar-refractivity contribution < 1.29 is 9.59 Å². The molecule has 9 heteroatoms. The van der Waals surface area contributed by atoms with Gasteiger partial charge in [-0.05, 0) is 25.5 Å². The molecule has 5 rings (SSSR count). The summed E-state index contributed by atoms with van der Waals surface area (Å²) in [5, 5.41) is 13.4. The minimum Gasteiger partial charge on any atom is -0.329 e. The molecule has 1 aliphatic heterocycles. The van der Waals surface area contributed by atoms with Crippen molar-refractivity contribution >= 4 is 34.6 Å². The number of para-hydroxylation sites is 1. The van der Waals surface area contributed by atoms with Crippen LogP contribution < -0.4 is 5.32 Å². The molecule has 0 atom stereocenters. The molecule has 3 heterocycles. The van der Waals surface area contributed by atoms with Gasteiger partial charge in [-0.2, -0.15) is 0 Å². The van der Waals surface area contributed by atoms with Gasteiger partial charge in [-0.3, -0.25) is 9.69 Å². The van der Waals surface area contributed by atoms with Crippen LogP contribution in [-0.4, -0.2) is 55.4 Å². The van der Waals surface area contributed by atoms with E-state index in [-0.39, 0.29) is 18.5 Å². The zero-order valence-corrected chi connectivity index (χ0v) is 19.6. The SMILES string of the molecule is CCn1c(SCCCN2C(=O)CNC2=O)nnc1-c1cc(-c2ccccc2)nc2ccccc12. The highest BCUT2D eigenvalue weighted by Crippen LogP contribution is 2.33. The number of fused-ring (bicyclic) bond motifs is 1. The van der Waals surface area contributed by atoms with Crippen LogP contribution in [0.2, 0.25) is 0 Å². The molecule has 1 N–H and O–H groups in total. The molecule has 1 fully saturated rings. The van der Waals surface area contributed by atoms with Crippen LogP contribution in [0.5, 0.6) is 0 Å². The van der Waals surface area contributed by atoms with E-state index >= 15 is 0 Å².